The number of benzene rings is 2. The maximum atomic E-state index is 13.1. The Morgan fingerprint density at radius 1 is 1.22 bits per heavy atom. The summed E-state index contributed by atoms with van der Waals surface area (Å²) in [7, 11) is -3.65. The zero-order chi connectivity index (χ0) is 16.4. The van der Waals surface area contributed by atoms with Crippen LogP contribution in [0.5, 0.6) is 0 Å². The fourth-order valence-electron chi connectivity index (χ4n) is 2.55. The Kier molecular flexibility index (Phi) is 4.39. The second-order valence-corrected chi connectivity index (χ2v) is 7.58. The number of sulfonamides is 1. The van der Waals surface area contributed by atoms with Gasteiger partial charge in [0.25, 0.3) is 0 Å². The number of anilines is 1. The molecule has 1 saturated heterocycles. The van der Waals surface area contributed by atoms with Gasteiger partial charge in [0, 0.05) is 18.3 Å². The van der Waals surface area contributed by atoms with Crippen LogP contribution in [0, 0.1) is 0 Å². The van der Waals surface area contributed by atoms with Gasteiger partial charge in [-0.1, -0.05) is 36.4 Å². The molecule has 2 aromatic carbocycles. The first kappa shape index (κ1) is 16.0. The summed E-state index contributed by atoms with van der Waals surface area (Å²) < 4.78 is 32.9. The highest BCUT2D eigenvalue weighted by Crippen LogP contribution is 2.30. The predicted octanol–water partition coefficient (Wildman–Crippen LogP) is 2.42. The minimum Gasteiger partial charge on any atom is -0.399 e. The largest absolute Gasteiger partial charge is 0.399 e. The van der Waals surface area contributed by atoms with Crippen LogP contribution < -0.4 is 5.73 Å². The number of nitrogens with two attached hydrogens (primary N) is 1. The van der Waals surface area contributed by atoms with Crippen molar-refractivity contribution in [3.63, 3.8) is 0 Å². The van der Waals surface area contributed by atoms with Crippen molar-refractivity contribution in [2.75, 3.05) is 18.9 Å². The Balaban J connectivity index is 1.98. The molecule has 5 nitrogen and oxygen atoms in total. The van der Waals surface area contributed by atoms with Crippen molar-refractivity contribution < 1.29 is 13.2 Å². The quantitative estimate of drug-likeness (QED) is 0.651. The predicted molar refractivity (Wildman–Crippen MR) is 89.3 cm³/mol. The molecule has 122 valence electrons. The lowest BCUT2D eigenvalue weighted by molar-refractivity contribution is 0.295. The molecule has 6 heteroatoms. The second kappa shape index (κ2) is 6.31. The molecule has 1 heterocycles. The summed E-state index contributed by atoms with van der Waals surface area (Å²) in [4.78, 5) is 0.209. The number of nitrogen functional groups attached to an aromatic ring is 1. The van der Waals surface area contributed by atoms with Gasteiger partial charge in [-0.2, -0.15) is 4.31 Å². The number of rotatable bonds is 6. The number of nitrogens with zero attached hydrogens (tertiary/aromatic N) is 1. The molecular formula is C17H20N2O3S. The molecule has 2 aromatic rings. The third-order valence-corrected chi connectivity index (χ3v) is 5.90. The molecule has 2 N–H and O–H groups in total. The third-order valence-electron chi connectivity index (χ3n) is 3.96. The van der Waals surface area contributed by atoms with E-state index in [-0.39, 0.29) is 17.0 Å². The van der Waals surface area contributed by atoms with Crippen LogP contribution >= 0.6 is 0 Å². The van der Waals surface area contributed by atoms with Gasteiger partial charge in [0.15, 0.2) is 0 Å². The van der Waals surface area contributed by atoms with E-state index in [0.29, 0.717) is 18.8 Å². The molecule has 3 rings (SSSR count). The van der Waals surface area contributed by atoms with Crippen molar-refractivity contribution in [3.8, 4) is 0 Å². The van der Waals surface area contributed by atoms with E-state index in [1.165, 1.54) is 10.4 Å². The van der Waals surface area contributed by atoms with Gasteiger partial charge in [-0.05, 0) is 30.7 Å². The normalized spacial score (nSPS) is 18.8. The van der Waals surface area contributed by atoms with Crippen molar-refractivity contribution in [2.24, 2.45) is 0 Å². The van der Waals surface area contributed by atoms with Crippen LogP contribution in [-0.4, -0.2) is 32.0 Å². The number of hydrogen-bond donors (Lipinski definition) is 1. The van der Waals surface area contributed by atoms with Crippen LogP contribution in [0.15, 0.2) is 59.5 Å². The summed E-state index contributed by atoms with van der Waals surface area (Å²) in [6.07, 6.45) is -0.0306. The lowest BCUT2D eigenvalue weighted by atomic mass is 10.1. The molecule has 1 aliphatic heterocycles. The number of epoxide rings is 1. The fraction of sp³-hybridized carbons (Fsp3) is 0.294. The van der Waals surface area contributed by atoms with Gasteiger partial charge in [-0.25, -0.2) is 8.42 Å². The molecule has 2 atom stereocenters. The average molecular weight is 332 g/mol. The van der Waals surface area contributed by atoms with Crippen LogP contribution in [0.25, 0.3) is 0 Å². The van der Waals surface area contributed by atoms with Crippen LogP contribution in [-0.2, 0) is 14.8 Å². The van der Waals surface area contributed by atoms with Crippen molar-refractivity contribution in [1.29, 1.82) is 0 Å². The molecular weight excluding hydrogens is 312 g/mol. The number of ether oxygens (including phenoxy) is 1. The molecule has 0 aliphatic carbocycles. The molecule has 0 amide bonds. The van der Waals surface area contributed by atoms with Gasteiger partial charge < -0.3 is 10.5 Å². The van der Waals surface area contributed by atoms with Crippen LogP contribution in [0.2, 0.25) is 0 Å². The highest BCUT2D eigenvalue weighted by Gasteiger charge is 2.36. The minimum absolute atomic E-state index is 0.0306. The van der Waals surface area contributed by atoms with Gasteiger partial charge in [0.05, 0.1) is 17.6 Å². The first-order valence-electron chi connectivity index (χ1n) is 7.52. The Morgan fingerprint density at radius 2 is 1.91 bits per heavy atom. The Bertz CT molecular complexity index is 773. The topological polar surface area (TPSA) is 75.9 Å². The van der Waals surface area contributed by atoms with Crippen molar-refractivity contribution in [3.05, 3.63) is 60.2 Å². The standard InChI is InChI=1S/C17H20N2O3S/c1-13(14-6-3-2-4-7-14)19(11-16-12-22-16)23(20,21)17-9-5-8-15(18)10-17/h2-10,13,16H,11-12,18H2,1H3. The summed E-state index contributed by atoms with van der Waals surface area (Å²) in [5, 5.41) is 0. The summed E-state index contributed by atoms with van der Waals surface area (Å²) in [5.41, 5.74) is 7.13. The molecule has 1 fully saturated rings. The lowest BCUT2D eigenvalue weighted by Gasteiger charge is -2.28. The molecule has 0 spiro atoms. The first-order chi connectivity index (χ1) is 11.0. The van der Waals surface area contributed by atoms with E-state index in [9.17, 15) is 8.42 Å². The molecule has 23 heavy (non-hydrogen) atoms. The molecule has 2 unspecified atom stereocenters. The maximum Gasteiger partial charge on any atom is 0.243 e. The van der Waals surface area contributed by atoms with Crippen molar-refractivity contribution >= 4 is 15.7 Å². The van der Waals surface area contributed by atoms with E-state index in [1.54, 1.807) is 18.2 Å². The van der Waals surface area contributed by atoms with Crippen LogP contribution in [0.3, 0.4) is 0 Å². The summed E-state index contributed by atoms with van der Waals surface area (Å²) in [6.45, 7) is 2.83. The molecule has 0 aromatic heterocycles. The van der Waals surface area contributed by atoms with Gasteiger partial charge in [-0.3, -0.25) is 0 Å². The minimum atomic E-state index is -3.65. The van der Waals surface area contributed by atoms with E-state index in [0.717, 1.165) is 5.56 Å². The van der Waals surface area contributed by atoms with Gasteiger partial charge in [-0.15, -0.1) is 0 Å². The smallest absolute Gasteiger partial charge is 0.243 e. The van der Waals surface area contributed by atoms with Gasteiger partial charge in [0.2, 0.25) is 10.0 Å². The SMILES string of the molecule is CC(c1ccccc1)N(CC1CO1)S(=O)(=O)c1cccc(N)c1. The molecule has 0 saturated carbocycles. The Hall–Kier alpha value is -1.89. The summed E-state index contributed by atoms with van der Waals surface area (Å²) >= 11 is 0. The Labute approximate surface area is 136 Å². The fourth-order valence-corrected chi connectivity index (χ4v) is 4.25. The zero-order valence-corrected chi connectivity index (χ0v) is 13.7. The highest BCUT2D eigenvalue weighted by molar-refractivity contribution is 7.89. The zero-order valence-electron chi connectivity index (χ0n) is 12.9. The van der Waals surface area contributed by atoms with E-state index in [1.807, 2.05) is 37.3 Å². The van der Waals surface area contributed by atoms with Crippen molar-refractivity contribution in [1.82, 2.24) is 4.31 Å². The van der Waals surface area contributed by atoms with Gasteiger partial charge in [0.1, 0.15) is 0 Å². The molecule has 0 bridgehead atoms. The van der Waals surface area contributed by atoms with Crippen molar-refractivity contribution in [2.45, 2.75) is 24.0 Å². The Morgan fingerprint density at radius 3 is 2.52 bits per heavy atom. The molecule has 1 aliphatic rings. The summed E-state index contributed by atoms with van der Waals surface area (Å²) in [5.74, 6) is 0. The maximum absolute atomic E-state index is 13.1. The lowest BCUT2D eigenvalue weighted by Crippen LogP contribution is -2.36. The van der Waals surface area contributed by atoms with E-state index in [4.69, 9.17) is 10.5 Å². The first-order valence-corrected chi connectivity index (χ1v) is 8.96. The average Bonchev–Trinajstić information content (AvgIpc) is 3.37. The summed E-state index contributed by atoms with van der Waals surface area (Å²) in [6, 6.07) is 15.7. The van der Waals surface area contributed by atoms with Gasteiger partial charge >= 0.3 is 0 Å². The third kappa shape index (κ3) is 3.55. The van der Waals surface area contributed by atoms with Crippen LogP contribution in [0.4, 0.5) is 5.69 Å². The monoisotopic (exact) mass is 332 g/mol. The van der Waals surface area contributed by atoms with E-state index >= 15 is 0 Å². The van der Waals surface area contributed by atoms with Crippen LogP contribution in [0.1, 0.15) is 18.5 Å². The highest BCUT2D eigenvalue weighted by atomic mass is 32.2. The van der Waals surface area contributed by atoms with E-state index in [2.05, 4.69) is 0 Å². The van der Waals surface area contributed by atoms with E-state index < -0.39 is 10.0 Å². The second-order valence-electron chi connectivity index (χ2n) is 5.69. The molecule has 0 radical (unpaired) electrons. The number of hydrogen-bond acceptors (Lipinski definition) is 4.